The number of carbonyl (C=O) groups is 3. The van der Waals surface area contributed by atoms with Gasteiger partial charge < -0.3 is 39.0 Å². The maximum atomic E-state index is 14.2. The molecule has 0 radical (unpaired) electrons. The molecule has 12 heteroatoms. The monoisotopic (exact) mass is 621 g/mol. The average molecular weight is 622 g/mol. The first-order valence-electron chi connectivity index (χ1n) is 16.0. The predicted molar refractivity (Wildman–Crippen MR) is 166 cm³/mol. The number of nitrogens with zero attached hydrogens (tertiary/aromatic N) is 4. The number of hydrogen-bond acceptors (Lipinski definition) is 9. The highest BCUT2D eigenvalue weighted by Gasteiger charge is 2.31. The molecular weight excluding hydrogens is 578 g/mol. The number of amides is 3. The molecule has 3 amide bonds. The molecule has 0 bridgehead atoms. The van der Waals surface area contributed by atoms with Gasteiger partial charge in [0.1, 0.15) is 11.5 Å². The van der Waals surface area contributed by atoms with E-state index in [9.17, 15) is 14.4 Å². The van der Waals surface area contributed by atoms with Crippen LogP contribution in [0.3, 0.4) is 0 Å². The van der Waals surface area contributed by atoms with E-state index >= 15 is 0 Å². The molecule has 2 aromatic rings. The van der Waals surface area contributed by atoms with Gasteiger partial charge in [-0.1, -0.05) is 32.0 Å². The van der Waals surface area contributed by atoms with E-state index in [-0.39, 0.29) is 28.9 Å². The summed E-state index contributed by atoms with van der Waals surface area (Å²) >= 11 is 0. The van der Waals surface area contributed by atoms with Crippen molar-refractivity contribution in [2.24, 2.45) is 0 Å². The van der Waals surface area contributed by atoms with E-state index in [1.54, 1.807) is 20.8 Å². The van der Waals surface area contributed by atoms with Crippen LogP contribution in [0, 0.1) is 0 Å². The second kappa shape index (κ2) is 14.2. The van der Waals surface area contributed by atoms with Crippen LogP contribution >= 0.6 is 0 Å². The summed E-state index contributed by atoms with van der Waals surface area (Å²) in [5.41, 5.74) is 4.42. The highest BCUT2D eigenvalue weighted by atomic mass is 16.6. The van der Waals surface area contributed by atoms with Crippen LogP contribution in [0.2, 0.25) is 0 Å². The van der Waals surface area contributed by atoms with Crippen molar-refractivity contribution in [1.29, 1.82) is 0 Å². The molecule has 4 aliphatic heterocycles. The van der Waals surface area contributed by atoms with Gasteiger partial charge in [0.15, 0.2) is 0 Å². The zero-order valence-corrected chi connectivity index (χ0v) is 26.2. The Balaban J connectivity index is 1.26. The third-order valence-corrected chi connectivity index (χ3v) is 8.79. The maximum absolute atomic E-state index is 14.2. The molecule has 6 rings (SSSR count). The third-order valence-electron chi connectivity index (χ3n) is 8.79. The Bertz CT molecular complexity index is 1400. The number of morpholine rings is 2. The number of carbonyl (C=O) groups excluding carboxylic acids is 3. The van der Waals surface area contributed by atoms with E-state index in [4.69, 9.17) is 18.9 Å². The van der Waals surface area contributed by atoms with Crippen LogP contribution in [0.25, 0.3) is 0 Å². The minimum absolute atomic E-state index is 0.0704. The van der Waals surface area contributed by atoms with Crippen molar-refractivity contribution in [3.05, 3.63) is 58.1 Å². The first kappa shape index (κ1) is 31.3. The summed E-state index contributed by atoms with van der Waals surface area (Å²) in [5, 5.41) is 3.39. The van der Waals surface area contributed by atoms with Gasteiger partial charge in [-0.15, -0.1) is 0 Å². The van der Waals surface area contributed by atoms with Crippen LogP contribution in [0.1, 0.15) is 52.4 Å². The average Bonchev–Trinajstić information content (AvgIpc) is 3.49. The predicted octanol–water partition coefficient (Wildman–Crippen LogP) is 3.03. The van der Waals surface area contributed by atoms with Crippen LogP contribution < -0.4 is 14.8 Å². The standard InChI is InChI=1S/C33H43N5O7/c1-23(2)27-18-28(31(39)38-21-25-4-3-24(17-26(25)22-38)20-35-7-5-34-6-8-35)30(45-33(41)37-11-15-43-16-12-37)19-29(27)44-32(40)36-9-13-42-14-10-36/h3-4,17-19,23,34H,5-16,20-22H2,1-2H3. The van der Waals surface area contributed by atoms with Gasteiger partial charge in [0, 0.05) is 78.1 Å². The Hall–Kier alpha value is -3.71. The smallest absolute Gasteiger partial charge is 0.410 e. The van der Waals surface area contributed by atoms with Crippen LogP contribution in [0.15, 0.2) is 30.3 Å². The number of fused-ring (bicyclic) bond motifs is 1. The zero-order chi connectivity index (χ0) is 31.3. The van der Waals surface area contributed by atoms with Crippen LogP contribution in [-0.4, -0.2) is 116 Å². The Labute approximate surface area is 264 Å². The maximum Gasteiger partial charge on any atom is 0.415 e. The number of hydrogen-bond donors (Lipinski definition) is 1. The molecule has 1 N–H and O–H groups in total. The number of benzene rings is 2. The van der Waals surface area contributed by atoms with Crippen molar-refractivity contribution in [2.75, 3.05) is 78.8 Å². The molecule has 0 spiro atoms. The van der Waals surface area contributed by atoms with Crippen molar-refractivity contribution in [3.8, 4) is 11.5 Å². The fourth-order valence-corrected chi connectivity index (χ4v) is 6.17. The van der Waals surface area contributed by atoms with Crippen molar-refractivity contribution in [3.63, 3.8) is 0 Å². The largest absolute Gasteiger partial charge is 0.415 e. The summed E-state index contributed by atoms with van der Waals surface area (Å²) in [5.74, 6) is 0.0232. The van der Waals surface area contributed by atoms with E-state index in [2.05, 4.69) is 28.4 Å². The lowest BCUT2D eigenvalue weighted by Crippen LogP contribution is -2.42. The van der Waals surface area contributed by atoms with Crippen molar-refractivity contribution in [1.82, 2.24) is 24.9 Å². The lowest BCUT2D eigenvalue weighted by atomic mass is 9.98. The van der Waals surface area contributed by atoms with Gasteiger partial charge in [-0.25, -0.2) is 9.59 Å². The van der Waals surface area contributed by atoms with Gasteiger partial charge in [0.2, 0.25) is 0 Å². The fraction of sp³-hybridized carbons (Fsp3) is 0.545. The second-order valence-corrected chi connectivity index (χ2v) is 12.3. The van der Waals surface area contributed by atoms with Crippen molar-refractivity contribution >= 4 is 18.1 Å². The second-order valence-electron chi connectivity index (χ2n) is 12.3. The highest BCUT2D eigenvalue weighted by Crippen LogP contribution is 2.37. The SMILES string of the molecule is CC(C)c1cc(C(=O)N2Cc3ccc(CN4CCNCC4)cc3C2)c(OC(=O)N2CCOCC2)cc1OC(=O)N1CCOCC1. The summed E-state index contributed by atoms with van der Waals surface area (Å²) in [4.78, 5) is 47.9. The van der Waals surface area contributed by atoms with Crippen molar-refractivity contribution in [2.45, 2.75) is 39.4 Å². The third kappa shape index (κ3) is 7.41. The Morgan fingerprint density at radius 3 is 1.98 bits per heavy atom. The van der Waals surface area contributed by atoms with E-state index < -0.39 is 12.2 Å². The number of ether oxygens (including phenoxy) is 4. The molecule has 0 saturated carbocycles. The van der Waals surface area contributed by atoms with E-state index in [1.807, 2.05) is 13.8 Å². The van der Waals surface area contributed by atoms with E-state index in [0.29, 0.717) is 71.3 Å². The quantitative estimate of drug-likeness (QED) is 0.520. The normalized spacial score (nSPS) is 19.0. The summed E-state index contributed by atoms with van der Waals surface area (Å²) in [6.07, 6.45) is -1.08. The van der Waals surface area contributed by atoms with E-state index in [1.165, 1.54) is 11.6 Å². The Kier molecular flexibility index (Phi) is 9.84. The molecule has 242 valence electrons. The Morgan fingerprint density at radius 2 is 1.36 bits per heavy atom. The molecule has 45 heavy (non-hydrogen) atoms. The molecule has 0 atom stereocenters. The van der Waals surface area contributed by atoms with Crippen LogP contribution in [0.4, 0.5) is 9.59 Å². The van der Waals surface area contributed by atoms with Gasteiger partial charge >= 0.3 is 12.2 Å². The minimum atomic E-state index is -0.572. The summed E-state index contributed by atoms with van der Waals surface area (Å²) in [6.45, 7) is 13.1. The lowest BCUT2D eigenvalue weighted by Gasteiger charge is -2.28. The molecule has 2 aromatic carbocycles. The molecule has 4 aliphatic rings. The highest BCUT2D eigenvalue weighted by molar-refractivity contribution is 5.98. The van der Waals surface area contributed by atoms with Crippen LogP contribution in [0.5, 0.6) is 11.5 Å². The molecule has 0 unspecified atom stereocenters. The molecule has 3 fully saturated rings. The van der Waals surface area contributed by atoms with Crippen LogP contribution in [-0.2, 0) is 29.1 Å². The number of rotatable bonds is 6. The molecule has 3 saturated heterocycles. The summed E-state index contributed by atoms with van der Waals surface area (Å²) < 4.78 is 22.5. The number of piperazine rings is 1. The lowest BCUT2D eigenvalue weighted by molar-refractivity contribution is 0.0408. The first-order valence-corrected chi connectivity index (χ1v) is 16.0. The minimum Gasteiger partial charge on any atom is -0.410 e. The van der Waals surface area contributed by atoms with Gasteiger partial charge in [0.25, 0.3) is 5.91 Å². The summed E-state index contributed by atoms with van der Waals surface area (Å²) in [6, 6.07) is 9.72. The van der Waals surface area contributed by atoms with Gasteiger partial charge in [0.05, 0.1) is 32.0 Å². The first-order chi connectivity index (χ1) is 21.9. The molecule has 4 heterocycles. The van der Waals surface area contributed by atoms with Gasteiger partial charge in [-0.3, -0.25) is 9.69 Å². The fourth-order valence-electron chi connectivity index (χ4n) is 6.17. The Morgan fingerprint density at radius 1 is 0.756 bits per heavy atom. The molecule has 0 aromatic heterocycles. The van der Waals surface area contributed by atoms with Gasteiger partial charge in [-0.05, 0) is 34.2 Å². The molecule has 12 nitrogen and oxygen atoms in total. The zero-order valence-electron chi connectivity index (χ0n) is 26.2. The summed E-state index contributed by atoms with van der Waals surface area (Å²) in [7, 11) is 0. The van der Waals surface area contributed by atoms with Crippen molar-refractivity contribution < 1.29 is 33.3 Å². The topological polar surface area (TPSA) is 113 Å². The molecular formula is C33H43N5O7. The van der Waals surface area contributed by atoms with Gasteiger partial charge in [-0.2, -0.15) is 0 Å². The number of nitrogens with one attached hydrogen (secondary N) is 1. The van der Waals surface area contributed by atoms with E-state index in [0.717, 1.165) is 43.9 Å². The molecule has 0 aliphatic carbocycles.